The number of hydrogen-bond acceptors (Lipinski definition) is 6. The molecule has 0 aromatic heterocycles. The Hall–Kier alpha value is -4.71. The van der Waals surface area contributed by atoms with Crippen LogP contribution in [0.25, 0.3) is 0 Å². The fourth-order valence-electron chi connectivity index (χ4n) is 8.55. The predicted octanol–water partition coefficient (Wildman–Crippen LogP) is 22.3. The van der Waals surface area contributed by atoms with Gasteiger partial charge in [-0.2, -0.15) is 0 Å². The number of allylic oxidation sites excluding steroid dienone is 24. The van der Waals surface area contributed by atoms with E-state index in [0.717, 1.165) is 109 Å². The minimum atomic E-state index is -0.831. The van der Waals surface area contributed by atoms with Crippen LogP contribution in [0.3, 0.4) is 0 Å². The fourth-order valence-corrected chi connectivity index (χ4v) is 8.55. The molecule has 0 aromatic carbocycles. The molecule has 0 rings (SSSR count). The van der Waals surface area contributed by atoms with Crippen molar-refractivity contribution in [2.45, 2.75) is 284 Å². The van der Waals surface area contributed by atoms with Crippen LogP contribution in [0.5, 0.6) is 0 Å². The highest BCUT2D eigenvalue weighted by Crippen LogP contribution is 2.15. The van der Waals surface area contributed by atoms with E-state index in [9.17, 15) is 14.4 Å². The number of rotatable bonds is 57. The summed E-state index contributed by atoms with van der Waals surface area (Å²) >= 11 is 0. The molecule has 79 heavy (non-hydrogen) atoms. The van der Waals surface area contributed by atoms with Crippen molar-refractivity contribution in [1.82, 2.24) is 0 Å². The summed E-state index contributed by atoms with van der Waals surface area (Å²) < 4.78 is 16.8. The summed E-state index contributed by atoms with van der Waals surface area (Å²) in [5.41, 5.74) is 0. The fraction of sp³-hybridized carbons (Fsp3) is 0.630. The molecule has 0 amide bonds. The zero-order chi connectivity index (χ0) is 57.1. The topological polar surface area (TPSA) is 78.9 Å². The van der Waals surface area contributed by atoms with E-state index in [0.29, 0.717) is 19.3 Å². The van der Waals surface area contributed by atoms with E-state index >= 15 is 0 Å². The summed E-state index contributed by atoms with van der Waals surface area (Å²) in [6.07, 6.45) is 94.5. The van der Waals surface area contributed by atoms with Crippen molar-refractivity contribution in [3.05, 3.63) is 146 Å². The molecule has 0 radical (unpaired) electrons. The molecule has 0 N–H and O–H groups in total. The Labute approximate surface area is 487 Å². The number of esters is 3. The second-order valence-corrected chi connectivity index (χ2v) is 20.9. The largest absolute Gasteiger partial charge is 0.462 e. The van der Waals surface area contributed by atoms with Gasteiger partial charge < -0.3 is 14.2 Å². The molecule has 0 saturated carbocycles. The number of carbonyl (C=O) groups is 3. The number of carbonyl (C=O) groups excluding carboxylic acids is 3. The number of unbranched alkanes of at least 4 members (excludes halogenated alkanes) is 22. The molecule has 0 saturated heterocycles. The van der Waals surface area contributed by atoms with E-state index in [1.807, 2.05) is 12.2 Å². The molecule has 1 unspecified atom stereocenters. The van der Waals surface area contributed by atoms with Gasteiger partial charge in [-0.05, 0) is 128 Å². The molecule has 6 nitrogen and oxygen atoms in total. The van der Waals surface area contributed by atoms with Crippen LogP contribution < -0.4 is 0 Å². The van der Waals surface area contributed by atoms with E-state index in [-0.39, 0.29) is 44.0 Å². The maximum atomic E-state index is 12.9. The van der Waals surface area contributed by atoms with Crippen molar-refractivity contribution < 1.29 is 28.6 Å². The Balaban J connectivity index is 4.36. The summed E-state index contributed by atoms with van der Waals surface area (Å²) in [4.78, 5) is 38.2. The average Bonchev–Trinajstić information content (AvgIpc) is 3.45. The molecule has 0 spiro atoms. The normalized spacial score (nSPS) is 13.1. The molecule has 6 heteroatoms. The molecule has 0 aliphatic carbocycles. The van der Waals surface area contributed by atoms with Crippen molar-refractivity contribution >= 4 is 17.9 Å². The summed E-state index contributed by atoms with van der Waals surface area (Å²) in [5, 5.41) is 0. The lowest BCUT2D eigenvalue weighted by Crippen LogP contribution is -2.30. The van der Waals surface area contributed by atoms with Gasteiger partial charge in [-0.1, -0.05) is 276 Å². The molecule has 1 atom stereocenters. The van der Waals surface area contributed by atoms with Gasteiger partial charge in [0.2, 0.25) is 0 Å². The first-order chi connectivity index (χ1) is 39.0. The molecule has 0 bridgehead atoms. The SMILES string of the molecule is CC/C=C\C/C=C\C/C=C\C/C=C\C/C=C\CCCCCC(=O)OC(COC(=O)CC/C=C\C/C=C\C/C=C\C/C=C\CC)COC(=O)CCCCCCCCCCCCCCCC/C=C\C/C=C\C/C=C\CCCCCCC. The minimum absolute atomic E-state index is 0.118. The molecule has 0 aliphatic heterocycles. The van der Waals surface area contributed by atoms with Gasteiger partial charge in [-0.25, -0.2) is 0 Å². The molecular weight excluding hydrogens is 973 g/mol. The van der Waals surface area contributed by atoms with Crippen LogP contribution in [-0.4, -0.2) is 37.2 Å². The first kappa shape index (κ1) is 74.3. The average molecular weight is 1090 g/mol. The van der Waals surface area contributed by atoms with Crippen molar-refractivity contribution in [3.63, 3.8) is 0 Å². The summed E-state index contributed by atoms with van der Waals surface area (Å²) in [5.74, 6) is -1.04. The van der Waals surface area contributed by atoms with Crippen LogP contribution in [0.15, 0.2) is 146 Å². The second-order valence-electron chi connectivity index (χ2n) is 20.9. The highest BCUT2D eigenvalue weighted by Gasteiger charge is 2.19. The van der Waals surface area contributed by atoms with Gasteiger partial charge in [0.25, 0.3) is 0 Å². The van der Waals surface area contributed by atoms with E-state index in [1.165, 1.54) is 116 Å². The van der Waals surface area contributed by atoms with Crippen LogP contribution in [-0.2, 0) is 28.6 Å². The molecule has 446 valence electrons. The van der Waals surface area contributed by atoms with Crippen LogP contribution in [0.1, 0.15) is 278 Å². The molecule has 0 aliphatic rings. The van der Waals surface area contributed by atoms with Gasteiger partial charge in [-0.15, -0.1) is 0 Å². The van der Waals surface area contributed by atoms with Crippen molar-refractivity contribution in [1.29, 1.82) is 0 Å². The van der Waals surface area contributed by atoms with E-state index in [2.05, 4.69) is 154 Å². The molecular formula is C73H118O6. The van der Waals surface area contributed by atoms with Crippen LogP contribution in [0, 0.1) is 0 Å². The lowest BCUT2D eigenvalue weighted by atomic mass is 10.0. The van der Waals surface area contributed by atoms with Crippen LogP contribution in [0.4, 0.5) is 0 Å². The minimum Gasteiger partial charge on any atom is -0.462 e. The standard InChI is InChI=1S/C73H118O6/c1-4-7-10-13-16-19-22-25-27-29-31-32-33-34-35-36-37-38-39-40-42-43-45-48-51-54-57-60-63-66-72(75)78-69-70(68-77-71(74)65-62-59-56-53-50-47-24-21-18-15-12-9-6-3)79-73(76)67-64-61-58-55-52-49-46-44-41-30-28-26-23-20-17-14-11-8-5-2/h8-9,11-12,17-18,20-22,25-26,28-29,31,33-34,41,44,47,49-50,52,56,59,70H,4-7,10,13-16,19,23-24,27,30,32,35-40,42-43,45-46,48,51,53-55,57-58,60-69H2,1-3H3/b11-8-,12-9-,20-17-,21-18-,25-22-,28-26-,31-29-,34-33-,44-41-,50-47-,52-49-,59-56-. The van der Waals surface area contributed by atoms with Crippen LogP contribution in [0.2, 0.25) is 0 Å². The third-order valence-electron chi connectivity index (χ3n) is 13.3. The monoisotopic (exact) mass is 1090 g/mol. The Bertz CT molecular complexity index is 1730. The molecule has 0 aromatic rings. The molecule has 0 heterocycles. The smallest absolute Gasteiger partial charge is 0.306 e. The maximum Gasteiger partial charge on any atom is 0.306 e. The van der Waals surface area contributed by atoms with Gasteiger partial charge in [0, 0.05) is 19.3 Å². The second kappa shape index (κ2) is 65.8. The zero-order valence-electron chi connectivity index (χ0n) is 51.1. The van der Waals surface area contributed by atoms with Gasteiger partial charge >= 0.3 is 17.9 Å². The highest BCUT2D eigenvalue weighted by atomic mass is 16.6. The lowest BCUT2D eigenvalue weighted by Gasteiger charge is -2.18. The zero-order valence-corrected chi connectivity index (χ0v) is 51.1. The highest BCUT2D eigenvalue weighted by molar-refractivity contribution is 5.71. The summed E-state index contributed by atoms with van der Waals surface area (Å²) in [6.45, 7) is 6.31. The van der Waals surface area contributed by atoms with Crippen molar-refractivity contribution in [2.24, 2.45) is 0 Å². The summed E-state index contributed by atoms with van der Waals surface area (Å²) in [6, 6.07) is 0. The van der Waals surface area contributed by atoms with Gasteiger partial charge in [-0.3, -0.25) is 14.4 Å². The Morgan fingerprint density at radius 1 is 0.266 bits per heavy atom. The Kier molecular flexibility index (Phi) is 61.9. The first-order valence-electron chi connectivity index (χ1n) is 32.3. The Morgan fingerprint density at radius 2 is 0.519 bits per heavy atom. The van der Waals surface area contributed by atoms with Crippen molar-refractivity contribution in [3.8, 4) is 0 Å². The number of hydrogen-bond donors (Lipinski definition) is 0. The Morgan fingerprint density at radius 3 is 0.861 bits per heavy atom. The first-order valence-corrected chi connectivity index (χ1v) is 32.3. The molecule has 0 fully saturated rings. The van der Waals surface area contributed by atoms with Gasteiger partial charge in [0.15, 0.2) is 6.10 Å². The summed E-state index contributed by atoms with van der Waals surface area (Å²) in [7, 11) is 0. The van der Waals surface area contributed by atoms with E-state index < -0.39 is 6.10 Å². The predicted molar refractivity (Wildman–Crippen MR) is 343 cm³/mol. The van der Waals surface area contributed by atoms with Gasteiger partial charge in [0.1, 0.15) is 13.2 Å². The maximum absolute atomic E-state index is 12.9. The van der Waals surface area contributed by atoms with E-state index in [1.54, 1.807) is 0 Å². The quantitative estimate of drug-likeness (QED) is 0.0261. The van der Waals surface area contributed by atoms with Crippen molar-refractivity contribution in [2.75, 3.05) is 13.2 Å². The third-order valence-corrected chi connectivity index (χ3v) is 13.3. The van der Waals surface area contributed by atoms with Gasteiger partial charge in [0.05, 0.1) is 0 Å². The van der Waals surface area contributed by atoms with Crippen LogP contribution >= 0.6 is 0 Å². The lowest BCUT2D eigenvalue weighted by molar-refractivity contribution is -0.166. The number of ether oxygens (including phenoxy) is 3. The van der Waals surface area contributed by atoms with E-state index in [4.69, 9.17) is 14.2 Å². The third kappa shape index (κ3) is 64.0.